The Morgan fingerprint density at radius 1 is 0.915 bits per heavy atom. The standard InChI is InChI=1S/C32H35N5O8S2/c1-6-43-22-14-12-21(13-15-22)37-24(17-33-28(39)20-10-9-11-23(16-20)42-5)35-36-32(37)46-18-25(38)34-29-26(30(40)44-7-2)19(4)27(47-29)31(41)45-8-3/h9-16H,6-8,17-18H2,1-5H3,(H,33,39)(H,34,38). The fourth-order valence-corrected chi connectivity index (χ4v) is 6.26. The number of thiophene rings is 1. The molecule has 0 aliphatic heterocycles. The maximum absolute atomic E-state index is 13.2. The van der Waals surface area contributed by atoms with Gasteiger partial charge in [0, 0.05) is 11.3 Å². The van der Waals surface area contributed by atoms with Crippen molar-refractivity contribution < 1.29 is 38.1 Å². The Bertz CT molecular complexity index is 1740. The second-order valence-corrected chi connectivity index (χ2v) is 11.6. The van der Waals surface area contributed by atoms with Gasteiger partial charge in [-0.2, -0.15) is 0 Å². The first-order valence-electron chi connectivity index (χ1n) is 14.7. The predicted molar refractivity (Wildman–Crippen MR) is 177 cm³/mol. The van der Waals surface area contributed by atoms with Gasteiger partial charge in [0.2, 0.25) is 5.91 Å². The molecule has 4 rings (SSSR count). The third kappa shape index (κ3) is 8.68. The van der Waals surface area contributed by atoms with Crippen LogP contribution in [0.4, 0.5) is 5.00 Å². The SMILES string of the molecule is CCOC(=O)c1sc(NC(=O)CSc2nnc(CNC(=O)c3cccc(OC)c3)n2-c2ccc(OCC)cc2)c(C(=O)OCC)c1C. The van der Waals surface area contributed by atoms with Crippen molar-refractivity contribution in [1.29, 1.82) is 0 Å². The van der Waals surface area contributed by atoms with Crippen LogP contribution in [0.25, 0.3) is 5.69 Å². The van der Waals surface area contributed by atoms with Gasteiger partial charge in [0.15, 0.2) is 11.0 Å². The van der Waals surface area contributed by atoms with E-state index in [1.165, 1.54) is 7.11 Å². The summed E-state index contributed by atoms with van der Waals surface area (Å²) in [5.41, 5.74) is 1.57. The molecule has 0 unspecified atom stereocenters. The zero-order valence-corrected chi connectivity index (χ0v) is 28.2. The largest absolute Gasteiger partial charge is 0.497 e. The predicted octanol–water partition coefficient (Wildman–Crippen LogP) is 5.06. The molecule has 248 valence electrons. The van der Waals surface area contributed by atoms with E-state index in [1.807, 2.05) is 19.1 Å². The summed E-state index contributed by atoms with van der Waals surface area (Å²) in [6, 6.07) is 14.0. The van der Waals surface area contributed by atoms with Crippen LogP contribution in [0.15, 0.2) is 53.7 Å². The molecule has 2 aromatic heterocycles. The van der Waals surface area contributed by atoms with E-state index >= 15 is 0 Å². The van der Waals surface area contributed by atoms with Crippen LogP contribution in [0.5, 0.6) is 11.5 Å². The molecule has 0 spiro atoms. The molecule has 0 saturated heterocycles. The number of hydrogen-bond donors (Lipinski definition) is 2. The van der Waals surface area contributed by atoms with Gasteiger partial charge in [-0.15, -0.1) is 21.5 Å². The molecule has 0 saturated carbocycles. The van der Waals surface area contributed by atoms with Crippen molar-refractivity contribution in [3.05, 3.63) is 75.9 Å². The lowest BCUT2D eigenvalue weighted by Crippen LogP contribution is -2.24. The molecule has 0 bridgehead atoms. The molecule has 0 aliphatic carbocycles. The van der Waals surface area contributed by atoms with Crippen molar-refractivity contribution in [2.24, 2.45) is 0 Å². The molecule has 0 atom stereocenters. The molecule has 0 fully saturated rings. The molecule has 4 aromatic rings. The maximum Gasteiger partial charge on any atom is 0.348 e. The number of nitrogens with one attached hydrogen (secondary N) is 2. The molecule has 2 heterocycles. The van der Waals surface area contributed by atoms with Gasteiger partial charge in [0.1, 0.15) is 21.4 Å². The Labute approximate surface area is 280 Å². The molecule has 2 aromatic carbocycles. The lowest BCUT2D eigenvalue weighted by molar-refractivity contribution is -0.113. The van der Waals surface area contributed by atoms with Crippen LogP contribution < -0.4 is 20.1 Å². The lowest BCUT2D eigenvalue weighted by atomic mass is 10.1. The number of rotatable bonds is 15. The first-order chi connectivity index (χ1) is 22.7. The first-order valence-corrected chi connectivity index (χ1v) is 16.5. The van der Waals surface area contributed by atoms with Crippen molar-refractivity contribution in [3.8, 4) is 17.2 Å². The Balaban J connectivity index is 1.56. The zero-order chi connectivity index (χ0) is 33.9. The molecular formula is C32H35N5O8S2. The van der Waals surface area contributed by atoms with Gasteiger partial charge in [-0.1, -0.05) is 17.8 Å². The summed E-state index contributed by atoms with van der Waals surface area (Å²) in [4.78, 5) is 51.6. The van der Waals surface area contributed by atoms with E-state index in [4.69, 9.17) is 18.9 Å². The van der Waals surface area contributed by atoms with Crippen molar-refractivity contribution in [2.75, 3.05) is 38.0 Å². The maximum atomic E-state index is 13.2. The highest BCUT2D eigenvalue weighted by Crippen LogP contribution is 2.35. The molecule has 2 amide bonds. The number of carbonyl (C=O) groups excluding carboxylic acids is 4. The number of esters is 2. The fourth-order valence-electron chi connectivity index (χ4n) is 4.39. The summed E-state index contributed by atoms with van der Waals surface area (Å²) in [5.74, 6) is -0.491. The summed E-state index contributed by atoms with van der Waals surface area (Å²) in [7, 11) is 1.53. The number of hydrogen-bond acceptors (Lipinski definition) is 12. The molecule has 15 heteroatoms. The normalized spacial score (nSPS) is 10.7. The van der Waals surface area contributed by atoms with Gasteiger partial charge in [-0.25, -0.2) is 9.59 Å². The van der Waals surface area contributed by atoms with Crippen LogP contribution in [-0.4, -0.2) is 71.2 Å². The van der Waals surface area contributed by atoms with Crippen molar-refractivity contribution in [3.63, 3.8) is 0 Å². The Morgan fingerprint density at radius 3 is 2.32 bits per heavy atom. The third-order valence-electron chi connectivity index (χ3n) is 6.52. The van der Waals surface area contributed by atoms with Crippen molar-refractivity contribution in [1.82, 2.24) is 20.1 Å². The summed E-state index contributed by atoms with van der Waals surface area (Å²) in [6.07, 6.45) is 0. The van der Waals surface area contributed by atoms with Crippen LogP contribution in [0.1, 0.15) is 62.5 Å². The minimum Gasteiger partial charge on any atom is -0.497 e. The minimum atomic E-state index is -0.657. The van der Waals surface area contributed by atoms with Gasteiger partial charge in [0.25, 0.3) is 5.91 Å². The average molecular weight is 682 g/mol. The van der Waals surface area contributed by atoms with Gasteiger partial charge in [-0.3, -0.25) is 14.2 Å². The van der Waals surface area contributed by atoms with E-state index in [1.54, 1.807) is 61.7 Å². The molecule has 0 aliphatic rings. The summed E-state index contributed by atoms with van der Waals surface area (Å²) < 4.78 is 22.8. The fraction of sp³-hybridized carbons (Fsp3) is 0.312. The van der Waals surface area contributed by atoms with Crippen molar-refractivity contribution in [2.45, 2.75) is 39.4 Å². The average Bonchev–Trinajstić information content (AvgIpc) is 3.63. The quantitative estimate of drug-likeness (QED) is 0.128. The number of nitrogens with zero attached hydrogens (tertiary/aromatic N) is 3. The van der Waals surface area contributed by atoms with E-state index in [0.717, 1.165) is 23.1 Å². The number of amides is 2. The lowest BCUT2D eigenvalue weighted by Gasteiger charge is -2.12. The second-order valence-electron chi connectivity index (χ2n) is 9.61. The summed E-state index contributed by atoms with van der Waals surface area (Å²) in [6.45, 7) is 7.66. The van der Waals surface area contributed by atoms with E-state index < -0.39 is 17.8 Å². The number of thioether (sulfide) groups is 1. The summed E-state index contributed by atoms with van der Waals surface area (Å²) >= 11 is 2.05. The second kappa shape index (κ2) is 16.6. The van der Waals surface area contributed by atoms with Gasteiger partial charge in [-0.05, 0) is 75.7 Å². The highest BCUT2D eigenvalue weighted by Gasteiger charge is 2.27. The van der Waals surface area contributed by atoms with Crippen LogP contribution in [-0.2, 0) is 20.8 Å². The Hall–Kier alpha value is -4.89. The smallest absolute Gasteiger partial charge is 0.348 e. The van der Waals surface area contributed by atoms with Gasteiger partial charge >= 0.3 is 11.9 Å². The Morgan fingerprint density at radius 2 is 1.64 bits per heavy atom. The number of anilines is 1. The number of aromatic nitrogens is 3. The summed E-state index contributed by atoms with van der Waals surface area (Å²) in [5, 5.41) is 14.8. The number of carbonyl (C=O) groups is 4. The van der Waals surface area contributed by atoms with Crippen LogP contribution in [0, 0.1) is 6.92 Å². The third-order valence-corrected chi connectivity index (χ3v) is 8.63. The molecule has 2 N–H and O–H groups in total. The molecule has 47 heavy (non-hydrogen) atoms. The van der Waals surface area contributed by atoms with E-state index in [0.29, 0.717) is 45.9 Å². The van der Waals surface area contributed by atoms with E-state index in [9.17, 15) is 19.2 Å². The molecular weight excluding hydrogens is 647 g/mol. The molecule has 13 nitrogen and oxygen atoms in total. The zero-order valence-electron chi connectivity index (χ0n) is 26.6. The molecule has 0 radical (unpaired) electrons. The highest BCUT2D eigenvalue weighted by atomic mass is 32.2. The highest BCUT2D eigenvalue weighted by molar-refractivity contribution is 7.99. The minimum absolute atomic E-state index is 0.0387. The topological polar surface area (TPSA) is 160 Å². The van der Waals surface area contributed by atoms with Gasteiger partial charge in [0.05, 0.1) is 44.8 Å². The van der Waals surface area contributed by atoms with E-state index in [2.05, 4.69) is 20.8 Å². The number of ether oxygens (including phenoxy) is 4. The van der Waals surface area contributed by atoms with Crippen LogP contribution in [0.2, 0.25) is 0 Å². The van der Waals surface area contributed by atoms with Crippen molar-refractivity contribution >= 4 is 51.9 Å². The van der Waals surface area contributed by atoms with Gasteiger partial charge < -0.3 is 29.6 Å². The Kier molecular flexibility index (Phi) is 12.4. The number of methoxy groups -OCH3 is 1. The number of benzene rings is 2. The van der Waals surface area contributed by atoms with Crippen LogP contribution in [0.3, 0.4) is 0 Å². The first kappa shape index (κ1) is 35.0. The van der Waals surface area contributed by atoms with Crippen LogP contribution >= 0.6 is 23.1 Å². The monoisotopic (exact) mass is 681 g/mol. The van der Waals surface area contributed by atoms with E-state index in [-0.39, 0.29) is 46.9 Å².